The molecule has 1 amide bonds. The van der Waals surface area contributed by atoms with Crippen LogP contribution in [0.4, 0.5) is 0 Å². The topological polar surface area (TPSA) is 54.7 Å². The van der Waals surface area contributed by atoms with Crippen molar-refractivity contribution in [1.82, 2.24) is 9.47 Å². The number of hydrogen-bond acceptors (Lipinski definition) is 3. The lowest BCUT2D eigenvalue weighted by Gasteiger charge is -2.27. The summed E-state index contributed by atoms with van der Waals surface area (Å²) in [5.41, 5.74) is 3.75. The van der Waals surface area contributed by atoms with Gasteiger partial charge in [0.1, 0.15) is 5.75 Å². The fourth-order valence-electron chi connectivity index (χ4n) is 3.50. The average Bonchev–Trinajstić information content (AvgIpc) is 3.40. The van der Waals surface area contributed by atoms with Gasteiger partial charge >= 0.3 is 0 Å². The Morgan fingerprint density at radius 2 is 1.96 bits per heavy atom. The van der Waals surface area contributed by atoms with Crippen LogP contribution in [0, 0.1) is 13.8 Å². The molecule has 1 heterocycles. The van der Waals surface area contributed by atoms with Gasteiger partial charge in [0.05, 0.1) is 25.3 Å². The fraction of sp³-hybridized carbons (Fsp3) is 0.450. The molecule has 0 bridgehead atoms. The van der Waals surface area contributed by atoms with Gasteiger partial charge in [-0.1, -0.05) is 12.1 Å². The van der Waals surface area contributed by atoms with Crippen LogP contribution in [0.15, 0.2) is 30.3 Å². The lowest BCUT2D eigenvalue weighted by atomic mass is 10.0. The third-order valence-electron chi connectivity index (χ3n) is 5.09. The van der Waals surface area contributed by atoms with Gasteiger partial charge in [-0.3, -0.25) is 4.79 Å². The van der Waals surface area contributed by atoms with E-state index in [2.05, 4.69) is 11.5 Å². The SMILES string of the molecule is COc1ccc([C@H](CO)N(C)C(=O)c2cc(C)n(C3CC3)c2C)cc1. The zero-order valence-electron chi connectivity index (χ0n) is 15.3. The Morgan fingerprint density at radius 3 is 2.48 bits per heavy atom. The minimum atomic E-state index is -0.387. The van der Waals surface area contributed by atoms with Crippen molar-refractivity contribution in [3.05, 3.63) is 52.8 Å². The molecule has 134 valence electrons. The maximum Gasteiger partial charge on any atom is 0.256 e. The predicted molar refractivity (Wildman–Crippen MR) is 97.1 cm³/mol. The molecular formula is C20H26N2O3. The van der Waals surface area contributed by atoms with Crippen molar-refractivity contribution in [1.29, 1.82) is 0 Å². The van der Waals surface area contributed by atoms with E-state index in [-0.39, 0.29) is 18.6 Å². The van der Waals surface area contributed by atoms with E-state index in [1.54, 1.807) is 19.1 Å². The Bertz CT molecular complexity index is 760. The van der Waals surface area contributed by atoms with Crippen molar-refractivity contribution in [2.24, 2.45) is 0 Å². The number of carbonyl (C=O) groups is 1. The van der Waals surface area contributed by atoms with E-state index in [0.717, 1.165) is 28.3 Å². The van der Waals surface area contributed by atoms with Crippen LogP contribution in [-0.4, -0.2) is 41.2 Å². The molecule has 1 aliphatic carbocycles. The standard InChI is InChI=1S/C20H26N2O3/c1-13-11-18(14(2)22(13)16-7-8-16)20(24)21(3)19(12-23)15-5-9-17(25-4)10-6-15/h5-6,9-11,16,19,23H,7-8,12H2,1-4H3/t19-/m0/s1. The first-order valence-corrected chi connectivity index (χ1v) is 8.68. The van der Waals surface area contributed by atoms with Gasteiger partial charge in [0.15, 0.2) is 0 Å². The molecule has 1 aromatic carbocycles. The number of aryl methyl sites for hydroxylation is 1. The van der Waals surface area contributed by atoms with E-state index in [9.17, 15) is 9.90 Å². The van der Waals surface area contributed by atoms with Crippen LogP contribution in [0.5, 0.6) is 5.75 Å². The number of hydrogen-bond donors (Lipinski definition) is 1. The third-order valence-corrected chi connectivity index (χ3v) is 5.09. The second-order valence-corrected chi connectivity index (χ2v) is 6.77. The van der Waals surface area contributed by atoms with Crippen molar-refractivity contribution >= 4 is 5.91 Å². The van der Waals surface area contributed by atoms with E-state index in [0.29, 0.717) is 6.04 Å². The van der Waals surface area contributed by atoms with Crippen LogP contribution in [0.2, 0.25) is 0 Å². The minimum absolute atomic E-state index is 0.0603. The van der Waals surface area contributed by atoms with Gasteiger partial charge in [-0.25, -0.2) is 0 Å². The number of methoxy groups -OCH3 is 1. The molecule has 2 aromatic rings. The van der Waals surface area contributed by atoms with Crippen LogP contribution >= 0.6 is 0 Å². The molecule has 1 N–H and O–H groups in total. The summed E-state index contributed by atoms with van der Waals surface area (Å²) < 4.78 is 7.44. The lowest BCUT2D eigenvalue weighted by molar-refractivity contribution is 0.0657. The summed E-state index contributed by atoms with van der Waals surface area (Å²) in [6.45, 7) is 3.93. The van der Waals surface area contributed by atoms with Crippen molar-refractivity contribution in [2.75, 3.05) is 20.8 Å². The number of carbonyl (C=O) groups excluding carboxylic acids is 1. The number of aromatic nitrogens is 1. The second kappa shape index (κ2) is 6.92. The van der Waals surface area contributed by atoms with Gasteiger partial charge < -0.3 is 19.3 Å². The molecule has 5 nitrogen and oxygen atoms in total. The molecular weight excluding hydrogens is 316 g/mol. The van der Waals surface area contributed by atoms with E-state index in [4.69, 9.17) is 4.74 Å². The largest absolute Gasteiger partial charge is 0.497 e. The van der Waals surface area contributed by atoms with Crippen molar-refractivity contribution in [3.63, 3.8) is 0 Å². The smallest absolute Gasteiger partial charge is 0.256 e. The second-order valence-electron chi connectivity index (χ2n) is 6.77. The van der Waals surface area contributed by atoms with Crippen LogP contribution in [0.1, 0.15) is 52.2 Å². The summed E-state index contributed by atoms with van der Waals surface area (Å²) in [5, 5.41) is 9.87. The minimum Gasteiger partial charge on any atom is -0.497 e. The highest BCUT2D eigenvalue weighted by atomic mass is 16.5. The highest BCUT2D eigenvalue weighted by Crippen LogP contribution is 2.38. The molecule has 1 atom stereocenters. The number of nitrogens with zero attached hydrogens (tertiary/aromatic N) is 2. The first kappa shape index (κ1) is 17.5. The van der Waals surface area contributed by atoms with E-state index in [1.165, 1.54) is 12.8 Å². The molecule has 0 spiro atoms. The summed E-state index contributed by atoms with van der Waals surface area (Å²) in [5.74, 6) is 0.692. The normalized spacial score (nSPS) is 15.1. The van der Waals surface area contributed by atoms with Crippen LogP contribution in [0.3, 0.4) is 0 Å². The predicted octanol–water partition coefficient (Wildman–Crippen LogP) is 3.25. The maximum absolute atomic E-state index is 13.0. The van der Waals surface area contributed by atoms with E-state index >= 15 is 0 Å². The summed E-state index contributed by atoms with van der Waals surface area (Å²) in [4.78, 5) is 14.7. The molecule has 1 fully saturated rings. The number of ether oxygens (including phenoxy) is 1. The van der Waals surface area contributed by atoms with Gasteiger partial charge in [0, 0.05) is 24.5 Å². The lowest BCUT2D eigenvalue weighted by Crippen LogP contribution is -2.33. The zero-order chi connectivity index (χ0) is 18.1. The van der Waals surface area contributed by atoms with Crippen LogP contribution in [0.25, 0.3) is 0 Å². The van der Waals surface area contributed by atoms with Crippen LogP contribution < -0.4 is 4.74 Å². The summed E-state index contributed by atoms with van der Waals surface area (Å²) in [7, 11) is 3.36. The highest BCUT2D eigenvalue weighted by Gasteiger charge is 2.30. The Labute approximate surface area is 148 Å². The molecule has 1 aliphatic rings. The average molecular weight is 342 g/mol. The Morgan fingerprint density at radius 1 is 1.32 bits per heavy atom. The highest BCUT2D eigenvalue weighted by molar-refractivity contribution is 5.96. The summed E-state index contributed by atoms with van der Waals surface area (Å²) in [6, 6.07) is 9.58. The number of likely N-dealkylation sites (N-methyl/N-ethyl adjacent to an activating group) is 1. The number of aliphatic hydroxyl groups excluding tert-OH is 1. The number of rotatable bonds is 6. The molecule has 1 aromatic heterocycles. The van der Waals surface area contributed by atoms with Crippen molar-refractivity contribution in [3.8, 4) is 5.75 Å². The number of amides is 1. The van der Waals surface area contributed by atoms with Gasteiger partial charge in [0.2, 0.25) is 0 Å². The zero-order valence-corrected chi connectivity index (χ0v) is 15.3. The maximum atomic E-state index is 13.0. The van der Waals surface area contributed by atoms with E-state index in [1.807, 2.05) is 37.3 Å². The third kappa shape index (κ3) is 3.29. The Hall–Kier alpha value is -2.27. The molecule has 1 saturated carbocycles. The molecule has 0 saturated heterocycles. The Balaban J connectivity index is 1.86. The summed E-state index contributed by atoms with van der Waals surface area (Å²) in [6.07, 6.45) is 2.37. The summed E-state index contributed by atoms with van der Waals surface area (Å²) >= 11 is 0. The van der Waals surface area contributed by atoms with Gasteiger partial charge in [-0.05, 0) is 50.5 Å². The molecule has 0 unspecified atom stereocenters. The van der Waals surface area contributed by atoms with Crippen molar-refractivity contribution in [2.45, 2.75) is 38.8 Å². The molecule has 0 aliphatic heterocycles. The molecule has 5 heteroatoms. The molecule has 25 heavy (non-hydrogen) atoms. The first-order valence-electron chi connectivity index (χ1n) is 8.68. The van der Waals surface area contributed by atoms with Gasteiger partial charge in [0.25, 0.3) is 5.91 Å². The van der Waals surface area contributed by atoms with Gasteiger partial charge in [-0.15, -0.1) is 0 Å². The molecule has 3 rings (SSSR count). The van der Waals surface area contributed by atoms with Crippen LogP contribution in [-0.2, 0) is 0 Å². The number of benzene rings is 1. The first-order chi connectivity index (χ1) is 12.0. The van der Waals surface area contributed by atoms with Crippen molar-refractivity contribution < 1.29 is 14.6 Å². The monoisotopic (exact) mass is 342 g/mol. The Kier molecular flexibility index (Phi) is 4.86. The quantitative estimate of drug-likeness (QED) is 0.877. The fourth-order valence-corrected chi connectivity index (χ4v) is 3.50. The molecule has 0 radical (unpaired) electrons. The van der Waals surface area contributed by atoms with Gasteiger partial charge in [-0.2, -0.15) is 0 Å². The van der Waals surface area contributed by atoms with E-state index < -0.39 is 0 Å². The number of aliphatic hydroxyl groups is 1.